The number of unbranched alkanes of at least 4 members (excludes halogenated alkanes) is 3. The SMILES string of the molecule is CCCCOC(=O)C(CCCCNCC=N)NC(=O)Cc1cccc(CC(C)=NC(CCCCNCC=N)C(=O)O)c1.Cc1ccc(S(=O)(=O)O)cc1.Cc1ccc(S(=O)(=O)O)cc1.Cc1ccc(S(=O)(=O)O)cc1. The number of carbonyl (C=O) groups is 3. The van der Waals surface area contributed by atoms with Gasteiger partial charge < -0.3 is 36.6 Å². The molecule has 2 unspecified atom stereocenters. The standard InChI is InChI=1S/C31H50N6O5.3C7H8O3S/c1-3-4-20-42-31(41)28(13-6-8-17-35-19-15-33)37-29(38)23-26-11-9-10-25(22-26)21-24(2)36-27(30(39)40)12-5-7-16-34-18-14-32;3*1-6-2-4-7(5-3-6)11(8,9)10/h9-11,14-15,22,27-28,32-35H,3-8,12-13,16-21,23H2,1-2H3,(H,37,38)(H,39,40);3*2-5H,1H3,(H,8,9,10). The van der Waals surface area contributed by atoms with Crippen molar-refractivity contribution in [2.45, 2.75) is 126 Å². The van der Waals surface area contributed by atoms with E-state index < -0.39 is 54.4 Å². The molecule has 2 atom stereocenters. The second-order valence-electron chi connectivity index (χ2n) is 17.2. The van der Waals surface area contributed by atoms with Gasteiger partial charge in [-0.15, -0.1) is 0 Å². The van der Waals surface area contributed by atoms with Gasteiger partial charge in [0.25, 0.3) is 30.4 Å². The summed E-state index contributed by atoms with van der Waals surface area (Å²) >= 11 is 0. The third kappa shape index (κ3) is 31.4. The first-order valence-corrected chi connectivity index (χ1v) is 28.4. The van der Waals surface area contributed by atoms with Crippen molar-refractivity contribution in [3.05, 3.63) is 125 Å². The van der Waals surface area contributed by atoms with Crippen LogP contribution in [0.3, 0.4) is 0 Å². The van der Waals surface area contributed by atoms with E-state index in [1.807, 2.05) is 58.9 Å². The van der Waals surface area contributed by atoms with E-state index in [4.69, 9.17) is 29.2 Å². The minimum atomic E-state index is -4.02. The van der Waals surface area contributed by atoms with Crippen molar-refractivity contribution < 1.29 is 63.1 Å². The Bertz CT molecular complexity index is 2560. The van der Waals surface area contributed by atoms with Crippen LogP contribution in [0.15, 0.2) is 117 Å². The fraction of sp³-hybridized carbons (Fsp3) is 0.423. The van der Waals surface area contributed by atoms with E-state index in [0.717, 1.165) is 79.4 Å². The van der Waals surface area contributed by atoms with Crippen molar-refractivity contribution in [3.8, 4) is 0 Å². The molecule has 414 valence electrons. The Kier molecular flexibility index (Phi) is 32.2. The Morgan fingerprint density at radius 1 is 0.627 bits per heavy atom. The molecule has 0 saturated carbocycles. The quantitative estimate of drug-likeness (QED) is 0.0119. The van der Waals surface area contributed by atoms with E-state index in [2.05, 4.69) is 20.9 Å². The van der Waals surface area contributed by atoms with Crippen molar-refractivity contribution in [1.29, 1.82) is 10.8 Å². The maximum Gasteiger partial charge on any atom is 0.328 e. The summed E-state index contributed by atoms with van der Waals surface area (Å²) in [7, 11) is -12.1. The molecule has 1 amide bonds. The van der Waals surface area contributed by atoms with Crippen LogP contribution in [0.2, 0.25) is 0 Å². The topological polar surface area (TPSA) is 340 Å². The molecule has 0 aliphatic heterocycles. The summed E-state index contributed by atoms with van der Waals surface area (Å²) in [5, 5.41) is 32.7. The minimum Gasteiger partial charge on any atom is -0.480 e. The average Bonchev–Trinajstić information content (AvgIpc) is 3.33. The molecule has 0 bridgehead atoms. The number of benzene rings is 4. The summed E-state index contributed by atoms with van der Waals surface area (Å²) in [6.07, 6.45) is 8.85. The fourth-order valence-corrected chi connectivity index (χ4v) is 7.90. The van der Waals surface area contributed by atoms with Crippen molar-refractivity contribution in [2.75, 3.05) is 32.8 Å². The zero-order valence-electron chi connectivity index (χ0n) is 43.2. The molecule has 0 aliphatic rings. The van der Waals surface area contributed by atoms with Gasteiger partial charge >= 0.3 is 11.9 Å². The monoisotopic (exact) mass is 1100 g/mol. The molecule has 0 fully saturated rings. The zero-order chi connectivity index (χ0) is 56.5. The molecule has 0 aliphatic carbocycles. The van der Waals surface area contributed by atoms with Crippen LogP contribution in [-0.2, 0) is 62.3 Å². The molecule has 0 heterocycles. The van der Waals surface area contributed by atoms with E-state index >= 15 is 0 Å². The fourth-order valence-electron chi connectivity index (χ4n) is 6.46. The third-order valence-electron chi connectivity index (χ3n) is 10.5. The Morgan fingerprint density at radius 3 is 1.43 bits per heavy atom. The minimum absolute atomic E-state index is 0.0666. The molecular formula is C52H74N6O14S3. The molecule has 0 saturated heterocycles. The Balaban J connectivity index is 0.000000671. The lowest BCUT2D eigenvalue weighted by Crippen LogP contribution is -2.42. The van der Waals surface area contributed by atoms with Gasteiger partial charge in [-0.2, -0.15) is 25.3 Å². The number of nitrogens with zero attached hydrogens (tertiary/aromatic N) is 1. The van der Waals surface area contributed by atoms with Gasteiger partial charge in [-0.05, 0) is 133 Å². The highest BCUT2D eigenvalue weighted by atomic mass is 32.2. The number of carbonyl (C=O) groups excluding carboxylic acids is 2. The van der Waals surface area contributed by atoms with Gasteiger partial charge in [0.15, 0.2) is 0 Å². The molecule has 0 aromatic heterocycles. The van der Waals surface area contributed by atoms with Crippen molar-refractivity contribution >= 4 is 66.3 Å². The number of nitrogens with one attached hydrogen (secondary N) is 5. The third-order valence-corrected chi connectivity index (χ3v) is 13.1. The van der Waals surface area contributed by atoms with Crippen LogP contribution in [0.25, 0.3) is 0 Å². The predicted octanol–water partition coefficient (Wildman–Crippen LogP) is 7.06. The molecule has 20 nitrogen and oxygen atoms in total. The lowest BCUT2D eigenvalue weighted by Gasteiger charge is -2.18. The van der Waals surface area contributed by atoms with Crippen LogP contribution in [0.4, 0.5) is 0 Å². The number of carboxylic acid groups (broad SMARTS) is 1. The first-order valence-electron chi connectivity index (χ1n) is 24.1. The molecule has 9 N–H and O–H groups in total. The van der Waals surface area contributed by atoms with Gasteiger partial charge in [-0.1, -0.05) is 90.7 Å². The maximum atomic E-state index is 12.9. The molecule has 0 radical (unpaired) electrons. The van der Waals surface area contributed by atoms with Gasteiger partial charge in [0.05, 0.1) is 27.7 Å². The maximum absolute atomic E-state index is 12.9. The number of ether oxygens (including phenoxy) is 1. The number of hydrogen-bond donors (Lipinski definition) is 9. The van der Waals surface area contributed by atoms with E-state index in [-0.39, 0.29) is 27.0 Å². The summed E-state index contributed by atoms with van der Waals surface area (Å²) in [6.45, 7) is 12.2. The van der Waals surface area contributed by atoms with E-state index in [1.165, 1.54) is 48.8 Å². The van der Waals surface area contributed by atoms with Crippen LogP contribution < -0.4 is 16.0 Å². The summed E-state index contributed by atoms with van der Waals surface area (Å²) in [5.74, 6) is -1.63. The molecule has 23 heteroatoms. The highest BCUT2D eigenvalue weighted by Gasteiger charge is 2.22. The Labute approximate surface area is 442 Å². The largest absolute Gasteiger partial charge is 0.480 e. The molecular weight excluding hydrogens is 1030 g/mol. The highest BCUT2D eigenvalue weighted by molar-refractivity contribution is 7.86. The molecule has 4 rings (SSSR count). The molecule has 75 heavy (non-hydrogen) atoms. The summed E-state index contributed by atoms with van der Waals surface area (Å²) < 4.78 is 94.0. The number of esters is 1. The number of hydrogen-bond acceptors (Lipinski definition) is 15. The predicted molar refractivity (Wildman–Crippen MR) is 290 cm³/mol. The van der Waals surface area contributed by atoms with E-state index in [9.17, 15) is 44.7 Å². The van der Waals surface area contributed by atoms with Gasteiger partial charge in [-0.25, -0.2) is 9.59 Å². The number of aliphatic carboxylic acids is 1. The van der Waals surface area contributed by atoms with Crippen molar-refractivity contribution in [3.63, 3.8) is 0 Å². The lowest BCUT2D eigenvalue weighted by atomic mass is 10.0. The van der Waals surface area contributed by atoms with Gasteiger partial charge in [0.2, 0.25) is 5.91 Å². The summed E-state index contributed by atoms with van der Waals surface area (Å²) in [4.78, 5) is 41.5. The average molecular weight is 1100 g/mol. The van der Waals surface area contributed by atoms with E-state index in [0.29, 0.717) is 44.7 Å². The lowest BCUT2D eigenvalue weighted by molar-refractivity contribution is -0.148. The summed E-state index contributed by atoms with van der Waals surface area (Å²) in [5.41, 5.74) is 5.29. The highest BCUT2D eigenvalue weighted by Crippen LogP contribution is 2.14. The zero-order valence-corrected chi connectivity index (χ0v) is 45.6. The first kappa shape index (κ1) is 67.0. The van der Waals surface area contributed by atoms with Crippen molar-refractivity contribution in [1.82, 2.24) is 16.0 Å². The molecule has 4 aromatic rings. The van der Waals surface area contributed by atoms with Gasteiger partial charge in [-0.3, -0.25) is 23.4 Å². The number of amides is 1. The second kappa shape index (κ2) is 36.0. The van der Waals surface area contributed by atoms with Gasteiger partial charge in [0, 0.05) is 37.7 Å². The smallest absolute Gasteiger partial charge is 0.328 e. The number of rotatable bonds is 28. The Morgan fingerprint density at radius 2 is 1.04 bits per heavy atom. The number of carboxylic acids is 1. The van der Waals surface area contributed by atoms with Crippen LogP contribution in [0.1, 0.15) is 93.0 Å². The normalized spacial score (nSPS) is 12.2. The van der Waals surface area contributed by atoms with Crippen LogP contribution in [0.5, 0.6) is 0 Å². The number of aliphatic imine (C=N–C) groups is 1. The van der Waals surface area contributed by atoms with Gasteiger partial charge in [0.1, 0.15) is 12.1 Å². The molecule has 4 aromatic carbocycles. The summed E-state index contributed by atoms with van der Waals surface area (Å²) in [6, 6.07) is 24.0. The van der Waals surface area contributed by atoms with E-state index in [1.54, 1.807) is 36.4 Å². The van der Waals surface area contributed by atoms with Crippen LogP contribution in [0, 0.1) is 31.6 Å². The number of aryl methyl sites for hydroxylation is 3. The van der Waals surface area contributed by atoms with Crippen LogP contribution >= 0.6 is 0 Å². The Hall–Kier alpha value is -6.05. The van der Waals surface area contributed by atoms with Crippen LogP contribution in [-0.4, -0.2) is 125 Å². The second-order valence-corrected chi connectivity index (χ2v) is 21.5. The first-order chi connectivity index (χ1) is 35.3. The van der Waals surface area contributed by atoms with Crippen molar-refractivity contribution in [2.24, 2.45) is 4.99 Å². The molecule has 0 spiro atoms.